The first-order chi connectivity index (χ1) is 16.0. The number of halogens is 1. The van der Waals surface area contributed by atoms with E-state index >= 15 is 0 Å². The van der Waals surface area contributed by atoms with Crippen molar-refractivity contribution < 1.29 is 42.6 Å². The summed E-state index contributed by atoms with van der Waals surface area (Å²) in [4.78, 5) is 13.4. The maximum absolute atomic E-state index is 13.4. The van der Waals surface area contributed by atoms with Gasteiger partial charge in [0.05, 0.1) is 42.8 Å². The minimum absolute atomic E-state index is 0. The molecular weight excluding hydrogens is 466 g/mol. The van der Waals surface area contributed by atoms with E-state index in [1.165, 1.54) is 7.11 Å². The number of rotatable bonds is 16. The van der Waals surface area contributed by atoms with E-state index in [1.807, 2.05) is 12.1 Å². The van der Waals surface area contributed by atoms with Gasteiger partial charge in [-0.15, -0.1) is 0 Å². The summed E-state index contributed by atoms with van der Waals surface area (Å²) in [5.74, 6) is 2.41. The number of unbranched alkanes of at least 4 members (excludes halogenated alkanes) is 3. The van der Waals surface area contributed by atoms with Crippen LogP contribution in [-0.2, 0) is 0 Å². The predicted molar refractivity (Wildman–Crippen MR) is 138 cm³/mol. The van der Waals surface area contributed by atoms with Gasteiger partial charge in [0.25, 0.3) is 0 Å². The van der Waals surface area contributed by atoms with Crippen LogP contribution in [0, 0.1) is 0 Å². The smallest absolute Gasteiger partial charge is 0.496 e. The summed E-state index contributed by atoms with van der Waals surface area (Å²) in [5, 5.41) is 1.10. The maximum Gasteiger partial charge on any atom is 1.00 e. The number of ether oxygens (including phenoxy) is 4. The van der Waals surface area contributed by atoms with Gasteiger partial charge in [-0.05, 0) is 40.0 Å². The van der Waals surface area contributed by atoms with Gasteiger partial charge in [0.2, 0.25) is 0 Å². The molecule has 0 aliphatic heterocycles. The molecule has 182 valence electrons. The largest absolute Gasteiger partial charge is 1.00 e. The van der Waals surface area contributed by atoms with Gasteiger partial charge in [0.1, 0.15) is 23.0 Å². The van der Waals surface area contributed by atoms with Crippen molar-refractivity contribution in [1.29, 1.82) is 0 Å². The summed E-state index contributed by atoms with van der Waals surface area (Å²) in [6.07, 6.45) is 5.88. The molecule has 0 heterocycles. The van der Waals surface area contributed by atoms with Crippen molar-refractivity contribution in [3.05, 3.63) is 40.9 Å². The fourth-order valence-electron chi connectivity index (χ4n) is 3.06. The Kier molecular flexibility index (Phi) is 15.4. The number of carbonyl (C=O) groups is 1. The second-order valence-corrected chi connectivity index (χ2v) is 9.28. The second kappa shape index (κ2) is 17.1. The van der Waals surface area contributed by atoms with Crippen molar-refractivity contribution in [3.8, 4) is 23.0 Å². The van der Waals surface area contributed by atoms with Crippen LogP contribution >= 0.6 is 20.2 Å². The number of methoxy groups -OCH3 is 1. The molecule has 0 N–H and O–H groups in total. The molecule has 2 aromatic carbocycles. The Morgan fingerprint density at radius 2 is 1.38 bits per heavy atom. The molecule has 5 nitrogen and oxygen atoms in total. The van der Waals surface area contributed by atoms with Crippen LogP contribution < -0.4 is 43.1 Å². The molecule has 0 radical (unpaired) electrons. The van der Waals surface area contributed by atoms with Gasteiger partial charge < -0.3 is 18.9 Å². The van der Waals surface area contributed by atoms with E-state index in [1.54, 1.807) is 18.2 Å². The maximum atomic E-state index is 13.4. The molecule has 0 spiro atoms. The summed E-state index contributed by atoms with van der Waals surface area (Å²) < 4.78 is 23.6. The fourth-order valence-corrected chi connectivity index (χ4v) is 4.53. The van der Waals surface area contributed by atoms with Gasteiger partial charge in [0, 0.05) is 12.1 Å². The van der Waals surface area contributed by atoms with Gasteiger partial charge in [-0.1, -0.05) is 57.7 Å². The normalized spacial score (nSPS) is 10.7. The number of carbonyl (C=O) groups excluding carboxylic acids is 1. The third kappa shape index (κ3) is 9.35. The van der Waals surface area contributed by atoms with Crippen LogP contribution in [0.15, 0.2) is 30.3 Å². The van der Waals surface area contributed by atoms with Crippen molar-refractivity contribution in [2.75, 3.05) is 26.9 Å². The van der Waals surface area contributed by atoms with Crippen LogP contribution in [0.5, 0.6) is 23.0 Å². The Morgan fingerprint density at radius 1 is 0.853 bits per heavy atom. The van der Waals surface area contributed by atoms with Gasteiger partial charge >= 0.3 is 18.9 Å². The standard InChI is InChI=1S/C26H36ClO5P.Li/c1-5-8-14-30-19-17-22(31-15-9-6-2)25(23(18-19)32-16-10-7-3)33-26(28)24-20(27)12-11-13-21(24)29-4;/h11-13,17-18,33H,5-10,14-16H2,1-4H3;/q;+1. The molecule has 34 heavy (non-hydrogen) atoms. The van der Waals surface area contributed by atoms with Crippen molar-refractivity contribution >= 4 is 31.0 Å². The SMILES string of the molecule is CCCCOc1cc(OCCCC)c(PC(=O)c2c(Cl)cccc2OC)c(OCCCC)c1.[Li+]. The van der Waals surface area contributed by atoms with E-state index in [-0.39, 0.29) is 33.0 Å². The van der Waals surface area contributed by atoms with Gasteiger partial charge in [-0.25, -0.2) is 0 Å². The van der Waals surface area contributed by atoms with Crippen molar-refractivity contribution in [2.45, 2.75) is 59.3 Å². The Hall–Kier alpha value is -1.37. The molecule has 0 saturated heterocycles. The average molecular weight is 502 g/mol. The third-order valence-electron chi connectivity index (χ3n) is 4.98. The molecule has 0 saturated carbocycles. The predicted octanol–water partition coefficient (Wildman–Crippen LogP) is 4.03. The summed E-state index contributed by atoms with van der Waals surface area (Å²) in [6, 6.07) is 8.95. The van der Waals surface area contributed by atoms with Gasteiger partial charge in [-0.3, -0.25) is 4.79 Å². The zero-order valence-corrected chi connectivity index (χ0v) is 22.9. The monoisotopic (exact) mass is 501 g/mol. The van der Waals surface area contributed by atoms with Crippen molar-refractivity contribution in [1.82, 2.24) is 0 Å². The van der Waals surface area contributed by atoms with Crippen LogP contribution in [-0.4, -0.2) is 32.5 Å². The Morgan fingerprint density at radius 3 is 1.88 bits per heavy atom. The number of hydrogen-bond acceptors (Lipinski definition) is 5. The Balaban J connectivity index is 0.00000578. The van der Waals surface area contributed by atoms with E-state index in [0.29, 0.717) is 53.4 Å². The molecule has 0 fully saturated rings. The molecule has 1 unspecified atom stereocenters. The molecule has 0 aromatic heterocycles. The first kappa shape index (κ1) is 30.7. The van der Waals surface area contributed by atoms with Gasteiger partial charge in [0.15, 0.2) is 5.52 Å². The zero-order chi connectivity index (χ0) is 24.1. The summed E-state index contributed by atoms with van der Waals surface area (Å²) in [5.41, 5.74) is 0.250. The molecule has 2 aromatic rings. The van der Waals surface area contributed by atoms with Crippen LogP contribution in [0.2, 0.25) is 5.02 Å². The van der Waals surface area contributed by atoms with E-state index in [9.17, 15) is 4.79 Å². The summed E-state index contributed by atoms with van der Waals surface area (Å²) in [7, 11) is 1.30. The molecule has 0 bridgehead atoms. The van der Waals surface area contributed by atoms with Crippen LogP contribution in [0.3, 0.4) is 0 Å². The van der Waals surface area contributed by atoms with Crippen molar-refractivity contribution in [3.63, 3.8) is 0 Å². The molecule has 0 aliphatic rings. The first-order valence-corrected chi connectivity index (χ1v) is 13.1. The summed E-state index contributed by atoms with van der Waals surface area (Å²) >= 11 is 6.37. The second-order valence-electron chi connectivity index (χ2n) is 7.67. The minimum atomic E-state index is -0.237. The molecule has 2 rings (SSSR count). The van der Waals surface area contributed by atoms with Crippen molar-refractivity contribution in [2.24, 2.45) is 0 Å². The zero-order valence-electron chi connectivity index (χ0n) is 21.2. The Bertz CT molecular complexity index is 862. The molecule has 0 aliphatic carbocycles. The minimum Gasteiger partial charge on any atom is -0.496 e. The topological polar surface area (TPSA) is 54.0 Å². The molecule has 8 heteroatoms. The Labute approximate surface area is 223 Å². The fraction of sp³-hybridized carbons (Fsp3) is 0.500. The molecule has 1 atom stereocenters. The van der Waals surface area contributed by atoms with E-state index in [2.05, 4.69) is 20.8 Å². The molecular formula is C26H36ClLiO5P+. The van der Waals surface area contributed by atoms with Crippen LogP contribution in [0.25, 0.3) is 0 Å². The first-order valence-electron chi connectivity index (χ1n) is 11.8. The van der Waals surface area contributed by atoms with Gasteiger partial charge in [-0.2, -0.15) is 0 Å². The average Bonchev–Trinajstić information content (AvgIpc) is 2.81. The van der Waals surface area contributed by atoms with E-state index in [4.69, 9.17) is 30.5 Å². The van der Waals surface area contributed by atoms with Crippen LogP contribution in [0.1, 0.15) is 69.7 Å². The van der Waals surface area contributed by atoms with Crippen LogP contribution in [0.4, 0.5) is 0 Å². The molecule has 0 amide bonds. The quantitative estimate of drug-likeness (QED) is 0.197. The number of benzene rings is 2. The summed E-state index contributed by atoms with van der Waals surface area (Å²) in [6.45, 7) is 8.10. The number of hydrogen-bond donors (Lipinski definition) is 0. The third-order valence-corrected chi connectivity index (χ3v) is 6.51. The van der Waals surface area contributed by atoms with E-state index < -0.39 is 0 Å². The van der Waals surface area contributed by atoms with E-state index in [0.717, 1.165) is 43.8 Å².